The first-order chi connectivity index (χ1) is 9.09. The van der Waals surface area contributed by atoms with Crippen LogP contribution in [0.2, 0.25) is 0 Å². The zero-order valence-corrected chi connectivity index (χ0v) is 15.3. The number of nitrogens with zero attached hydrogens (tertiary/aromatic N) is 1. The summed E-state index contributed by atoms with van der Waals surface area (Å²) in [6, 6.07) is 7.29. The van der Waals surface area contributed by atoms with Crippen LogP contribution in [0.4, 0.5) is 0 Å². The lowest BCUT2D eigenvalue weighted by Gasteiger charge is -2.37. The van der Waals surface area contributed by atoms with E-state index in [1.807, 2.05) is 0 Å². The van der Waals surface area contributed by atoms with E-state index in [0.717, 1.165) is 19.0 Å². The van der Waals surface area contributed by atoms with Crippen molar-refractivity contribution in [2.75, 3.05) is 26.2 Å². The van der Waals surface area contributed by atoms with Crippen LogP contribution >= 0.6 is 24.8 Å². The zero-order chi connectivity index (χ0) is 13.8. The molecule has 1 aromatic carbocycles. The molecular formula is C17H30Cl2N2. The van der Waals surface area contributed by atoms with Crippen LogP contribution in [0.25, 0.3) is 0 Å². The lowest BCUT2D eigenvalue weighted by Crippen LogP contribution is -2.45. The van der Waals surface area contributed by atoms with E-state index in [0.29, 0.717) is 6.04 Å². The Kier molecular flexibility index (Phi) is 9.55. The van der Waals surface area contributed by atoms with Crippen molar-refractivity contribution in [2.45, 2.75) is 40.2 Å². The molecule has 4 heteroatoms. The molecule has 0 spiro atoms. The summed E-state index contributed by atoms with van der Waals surface area (Å²) in [4.78, 5) is 2.67. The van der Waals surface area contributed by atoms with Crippen molar-refractivity contribution in [3.05, 3.63) is 34.9 Å². The van der Waals surface area contributed by atoms with E-state index in [-0.39, 0.29) is 24.8 Å². The summed E-state index contributed by atoms with van der Waals surface area (Å²) < 4.78 is 0. The van der Waals surface area contributed by atoms with Crippen LogP contribution in [0.5, 0.6) is 0 Å². The fourth-order valence-electron chi connectivity index (χ4n) is 3.24. The van der Waals surface area contributed by atoms with Crippen LogP contribution in [0.1, 0.15) is 43.0 Å². The third-order valence-electron chi connectivity index (χ3n) is 4.16. The van der Waals surface area contributed by atoms with E-state index in [1.165, 1.54) is 30.6 Å². The van der Waals surface area contributed by atoms with Gasteiger partial charge in [-0.1, -0.05) is 32.0 Å². The molecule has 1 N–H and O–H groups in total. The maximum atomic E-state index is 3.46. The summed E-state index contributed by atoms with van der Waals surface area (Å²) in [6.07, 6.45) is 1.26. The molecule has 0 radical (unpaired) electrons. The average molecular weight is 333 g/mol. The predicted molar refractivity (Wildman–Crippen MR) is 97.1 cm³/mol. The van der Waals surface area contributed by atoms with Gasteiger partial charge >= 0.3 is 0 Å². The predicted octanol–water partition coefficient (Wildman–Crippen LogP) is 4.14. The van der Waals surface area contributed by atoms with Crippen LogP contribution in [-0.2, 0) is 0 Å². The van der Waals surface area contributed by atoms with Gasteiger partial charge in [-0.05, 0) is 42.9 Å². The van der Waals surface area contributed by atoms with Crippen molar-refractivity contribution in [3.8, 4) is 0 Å². The van der Waals surface area contributed by atoms with Crippen LogP contribution in [0.3, 0.4) is 0 Å². The molecule has 1 aliphatic heterocycles. The number of aryl methyl sites for hydroxylation is 2. The molecular weight excluding hydrogens is 303 g/mol. The molecule has 122 valence electrons. The fraction of sp³-hybridized carbons (Fsp3) is 0.647. The quantitative estimate of drug-likeness (QED) is 0.891. The van der Waals surface area contributed by atoms with Gasteiger partial charge in [0.1, 0.15) is 0 Å². The molecule has 0 saturated carbocycles. The van der Waals surface area contributed by atoms with Gasteiger partial charge in [0.05, 0.1) is 0 Å². The van der Waals surface area contributed by atoms with E-state index >= 15 is 0 Å². The number of halogens is 2. The molecule has 0 aromatic heterocycles. The Morgan fingerprint density at radius 2 is 1.57 bits per heavy atom. The van der Waals surface area contributed by atoms with Crippen molar-refractivity contribution in [1.29, 1.82) is 0 Å². The number of nitrogens with one attached hydrogen (secondary N) is 1. The highest BCUT2D eigenvalue weighted by Gasteiger charge is 2.25. The van der Waals surface area contributed by atoms with E-state index in [1.54, 1.807) is 5.56 Å². The largest absolute Gasteiger partial charge is 0.314 e. The summed E-state index contributed by atoms with van der Waals surface area (Å²) in [5.74, 6) is 0.735. The van der Waals surface area contributed by atoms with Crippen molar-refractivity contribution in [1.82, 2.24) is 10.2 Å². The van der Waals surface area contributed by atoms with Gasteiger partial charge in [-0.2, -0.15) is 0 Å². The normalized spacial score (nSPS) is 17.0. The number of piperazine rings is 1. The second kappa shape index (κ2) is 9.68. The van der Waals surface area contributed by atoms with E-state index in [9.17, 15) is 0 Å². The van der Waals surface area contributed by atoms with Crippen LogP contribution in [0.15, 0.2) is 18.2 Å². The summed E-state index contributed by atoms with van der Waals surface area (Å²) in [6.45, 7) is 13.8. The average Bonchev–Trinajstić information content (AvgIpc) is 2.38. The summed E-state index contributed by atoms with van der Waals surface area (Å²) >= 11 is 0. The SMILES string of the molecule is Cc1cccc(C)c1[C@H](CC(C)C)N1CCNCC1.Cl.Cl. The molecule has 1 aromatic rings. The monoisotopic (exact) mass is 332 g/mol. The maximum absolute atomic E-state index is 3.46. The lowest BCUT2D eigenvalue weighted by atomic mass is 9.89. The Balaban J connectivity index is 0.00000200. The van der Waals surface area contributed by atoms with E-state index in [2.05, 4.69) is 56.1 Å². The highest BCUT2D eigenvalue weighted by Crippen LogP contribution is 2.32. The number of rotatable bonds is 4. The molecule has 1 fully saturated rings. The molecule has 1 aliphatic rings. The van der Waals surface area contributed by atoms with Crippen molar-refractivity contribution in [2.24, 2.45) is 5.92 Å². The van der Waals surface area contributed by atoms with Crippen molar-refractivity contribution < 1.29 is 0 Å². The molecule has 21 heavy (non-hydrogen) atoms. The van der Waals surface area contributed by atoms with Gasteiger partial charge in [0.15, 0.2) is 0 Å². The Morgan fingerprint density at radius 3 is 2.05 bits per heavy atom. The molecule has 0 unspecified atom stereocenters. The third kappa shape index (κ3) is 5.45. The molecule has 1 atom stereocenters. The minimum atomic E-state index is 0. The standard InChI is InChI=1S/C17H28N2.2ClH/c1-13(2)12-16(19-10-8-18-9-11-19)17-14(3)6-5-7-15(17)4;;/h5-7,13,16,18H,8-12H2,1-4H3;2*1H/t16-;;/m0../s1. The molecule has 1 heterocycles. The first-order valence-corrected chi connectivity index (χ1v) is 7.60. The molecule has 0 bridgehead atoms. The Morgan fingerprint density at radius 1 is 1.05 bits per heavy atom. The van der Waals surface area contributed by atoms with Gasteiger partial charge in [0.2, 0.25) is 0 Å². The zero-order valence-electron chi connectivity index (χ0n) is 13.7. The van der Waals surface area contributed by atoms with Crippen LogP contribution in [-0.4, -0.2) is 31.1 Å². The molecule has 2 rings (SSSR count). The number of hydrogen-bond donors (Lipinski definition) is 1. The van der Waals surface area contributed by atoms with Crippen molar-refractivity contribution >= 4 is 24.8 Å². The van der Waals surface area contributed by atoms with Gasteiger partial charge < -0.3 is 5.32 Å². The van der Waals surface area contributed by atoms with E-state index < -0.39 is 0 Å². The third-order valence-corrected chi connectivity index (χ3v) is 4.16. The van der Waals surface area contributed by atoms with Gasteiger partial charge in [0, 0.05) is 32.2 Å². The fourth-order valence-corrected chi connectivity index (χ4v) is 3.24. The molecule has 0 amide bonds. The number of hydrogen-bond acceptors (Lipinski definition) is 2. The van der Waals surface area contributed by atoms with Crippen LogP contribution < -0.4 is 5.32 Å². The summed E-state index contributed by atoms with van der Waals surface area (Å²) in [7, 11) is 0. The van der Waals surface area contributed by atoms with Crippen LogP contribution in [0, 0.1) is 19.8 Å². The van der Waals surface area contributed by atoms with Gasteiger partial charge in [-0.25, -0.2) is 0 Å². The summed E-state index contributed by atoms with van der Waals surface area (Å²) in [5.41, 5.74) is 4.46. The molecule has 0 aliphatic carbocycles. The van der Waals surface area contributed by atoms with E-state index in [4.69, 9.17) is 0 Å². The first kappa shape index (κ1) is 20.7. The smallest absolute Gasteiger partial charge is 0.0356 e. The van der Waals surface area contributed by atoms with Gasteiger partial charge in [-0.3, -0.25) is 4.90 Å². The van der Waals surface area contributed by atoms with Gasteiger partial charge in [0.25, 0.3) is 0 Å². The lowest BCUT2D eigenvalue weighted by molar-refractivity contribution is 0.153. The minimum absolute atomic E-state index is 0. The first-order valence-electron chi connectivity index (χ1n) is 7.60. The molecule has 1 saturated heterocycles. The minimum Gasteiger partial charge on any atom is -0.314 e. The van der Waals surface area contributed by atoms with Gasteiger partial charge in [-0.15, -0.1) is 24.8 Å². The topological polar surface area (TPSA) is 15.3 Å². The van der Waals surface area contributed by atoms with Crippen molar-refractivity contribution in [3.63, 3.8) is 0 Å². The second-order valence-electron chi connectivity index (χ2n) is 6.24. The number of benzene rings is 1. The highest BCUT2D eigenvalue weighted by molar-refractivity contribution is 5.85. The highest BCUT2D eigenvalue weighted by atomic mass is 35.5. The molecule has 2 nitrogen and oxygen atoms in total. The Bertz CT molecular complexity index is 395. The maximum Gasteiger partial charge on any atom is 0.0356 e. The summed E-state index contributed by atoms with van der Waals surface area (Å²) in [5, 5.41) is 3.46. The Labute approximate surface area is 142 Å². The Hall–Kier alpha value is -0.280. The second-order valence-corrected chi connectivity index (χ2v) is 6.24.